The average Bonchev–Trinajstić information content (AvgIpc) is 3.67. The van der Waals surface area contributed by atoms with Crippen LogP contribution < -0.4 is 10.1 Å². The van der Waals surface area contributed by atoms with Crippen molar-refractivity contribution in [2.75, 3.05) is 13.2 Å². The van der Waals surface area contributed by atoms with Gasteiger partial charge >= 0.3 is 0 Å². The number of benzene rings is 2. The summed E-state index contributed by atoms with van der Waals surface area (Å²) in [7, 11) is 0. The van der Waals surface area contributed by atoms with E-state index < -0.39 is 24.2 Å². The fourth-order valence-electron chi connectivity index (χ4n) is 7.41. The largest absolute Gasteiger partial charge is 0.486 e. The Kier molecular flexibility index (Phi) is 7.21. The van der Waals surface area contributed by atoms with Crippen LogP contribution in [0.5, 0.6) is 5.75 Å². The van der Waals surface area contributed by atoms with Crippen LogP contribution in [0, 0.1) is 24.7 Å². The number of nitrogens with zero attached hydrogens (tertiary/aromatic N) is 1. The highest BCUT2D eigenvalue weighted by Gasteiger charge is 2.51. The zero-order valence-electron chi connectivity index (χ0n) is 22.5. The number of aliphatic hydroxyl groups is 2. The van der Waals surface area contributed by atoms with Gasteiger partial charge in [-0.2, -0.15) is 0 Å². The van der Waals surface area contributed by atoms with E-state index in [1.165, 1.54) is 19.3 Å². The molecule has 2 bridgehead atoms. The smallest absolute Gasteiger partial charge is 0.247 e. The Balaban J connectivity index is 1.35. The summed E-state index contributed by atoms with van der Waals surface area (Å²) in [5, 5.41) is 23.9. The van der Waals surface area contributed by atoms with E-state index in [-0.39, 0.29) is 25.0 Å². The maximum absolute atomic E-state index is 14.1. The molecule has 0 saturated heterocycles. The van der Waals surface area contributed by atoms with Gasteiger partial charge in [0.15, 0.2) is 0 Å². The standard InChI is InChI=1S/C32H38N2O5/c1-19-6-8-20(9-7-19)18-34(28(36)16-23-15-21-10-11-22(23)14-21)26-17-25(32(38)33-12-13-35)29-24-4-2-3-5-27(24)39-31(29)30(26)37/h2-9,17,21-23,26,29-31,35,37H,10-16,18H2,1H3,(H,33,38). The topological polar surface area (TPSA) is 99.1 Å². The zero-order valence-corrected chi connectivity index (χ0v) is 22.5. The third-order valence-electron chi connectivity index (χ3n) is 9.35. The highest BCUT2D eigenvalue weighted by atomic mass is 16.5. The van der Waals surface area contributed by atoms with Crippen molar-refractivity contribution < 1.29 is 24.5 Å². The van der Waals surface area contributed by atoms with Crippen LogP contribution in [0.4, 0.5) is 0 Å². The zero-order chi connectivity index (χ0) is 27.1. The SMILES string of the molecule is Cc1ccc(CN(C(=O)CC2CC3CCC2C3)C2C=C(C(=O)NCCO)C3c4ccccc4OC3C2O)cc1. The fourth-order valence-corrected chi connectivity index (χ4v) is 7.41. The van der Waals surface area contributed by atoms with Gasteiger partial charge in [0.05, 0.1) is 18.6 Å². The molecule has 7 unspecified atom stereocenters. The molecule has 0 aromatic heterocycles. The maximum Gasteiger partial charge on any atom is 0.247 e. The van der Waals surface area contributed by atoms with Gasteiger partial charge in [-0.3, -0.25) is 9.59 Å². The second-order valence-electron chi connectivity index (χ2n) is 11.8. The molecule has 206 valence electrons. The molecule has 2 aromatic carbocycles. The van der Waals surface area contributed by atoms with Crippen LogP contribution in [0.25, 0.3) is 0 Å². The number of amides is 2. The summed E-state index contributed by atoms with van der Waals surface area (Å²) in [6.07, 6.45) is 5.36. The number of para-hydroxylation sites is 1. The Morgan fingerprint density at radius 3 is 2.59 bits per heavy atom. The van der Waals surface area contributed by atoms with Gasteiger partial charge in [-0.1, -0.05) is 54.4 Å². The van der Waals surface area contributed by atoms with Gasteiger partial charge in [-0.15, -0.1) is 0 Å². The second kappa shape index (κ2) is 10.8. The van der Waals surface area contributed by atoms with Gasteiger partial charge in [0, 0.05) is 30.6 Å². The number of hydrogen-bond donors (Lipinski definition) is 3. The fraction of sp³-hybridized carbons (Fsp3) is 0.500. The molecule has 1 aliphatic heterocycles. The van der Waals surface area contributed by atoms with Gasteiger partial charge < -0.3 is 25.2 Å². The molecular formula is C32H38N2O5. The molecule has 4 aliphatic rings. The van der Waals surface area contributed by atoms with E-state index in [4.69, 9.17) is 4.74 Å². The number of carbonyl (C=O) groups excluding carboxylic acids is 2. The van der Waals surface area contributed by atoms with Crippen molar-refractivity contribution in [3.8, 4) is 5.75 Å². The lowest BCUT2D eigenvalue weighted by Gasteiger charge is -2.41. The van der Waals surface area contributed by atoms with E-state index in [2.05, 4.69) is 5.32 Å². The first-order valence-electron chi connectivity index (χ1n) is 14.3. The van der Waals surface area contributed by atoms with E-state index in [0.29, 0.717) is 36.1 Å². The molecule has 0 spiro atoms. The van der Waals surface area contributed by atoms with Gasteiger partial charge in [0.1, 0.15) is 18.0 Å². The molecule has 3 N–H and O–H groups in total. The van der Waals surface area contributed by atoms with E-state index in [1.54, 1.807) is 11.0 Å². The first-order valence-corrected chi connectivity index (χ1v) is 14.3. The molecule has 2 aromatic rings. The Morgan fingerprint density at radius 1 is 1.08 bits per heavy atom. The lowest BCUT2D eigenvalue weighted by Crippen LogP contribution is -2.55. The number of fused-ring (bicyclic) bond motifs is 5. The van der Waals surface area contributed by atoms with Crippen molar-refractivity contribution in [2.45, 2.75) is 69.7 Å². The molecule has 2 amide bonds. The molecule has 7 heteroatoms. The molecule has 7 atom stereocenters. The minimum atomic E-state index is -1.01. The summed E-state index contributed by atoms with van der Waals surface area (Å²) in [6, 6.07) is 14.9. The third kappa shape index (κ3) is 4.98. The third-order valence-corrected chi connectivity index (χ3v) is 9.35. The highest BCUT2D eigenvalue weighted by molar-refractivity contribution is 5.96. The number of nitrogens with one attached hydrogen (secondary N) is 1. The number of carbonyl (C=O) groups is 2. The molecular weight excluding hydrogens is 492 g/mol. The minimum Gasteiger partial charge on any atom is -0.486 e. The van der Waals surface area contributed by atoms with Crippen molar-refractivity contribution in [3.63, 3.8) is 0 Å². The van der Waals surface area contributed by atoms with Crippen molar-refractivity contribution in [1.82, 2.24) is 10.2 Å². The normalized spacial score (nSPS) is 30.2. The van der Waals surface area contributed by atoms with Crippen LogP contribution in [-0.2, 0) is 16.1 Å². The Labute approximate surface area is 229 Å². The quantitative estimate of drug-likeness (QED) is 0.486. The number of ether oxygens (including phenoxy) is 1. The predicted molar refractivity (Wildman–Crippen MR) is 147 cm³/mol. The number of aliphatic hydroxyl groups excluding tert-OH is 2. The van der Waals surface area contributed by atoms with Gasteiger partial charge in [0.2, 0.25) is 11.8 Å². The van der Waals surface area contributed by atoms with Crippen molar-refractivity contribution in [3.05, 3.63) is 76.9 Å². The second-order valence-corrected chi connectivity index (χ2v) is 11.8. The first-order chi connectivity index (χ1) is 18.9. The molecule has 1 heterocycles. The summed E-state index contributed by atoms with van der Waals surface area (Å²) in [5.41, 5.74) is 3.43. The van der Waals surface area contributed by atoms with E-state index >= 15 is 0 Å². The molecule has 39 heavy (non-hydrogen) atoms. The molecule has 2 saturated carbocycles. The summed E-state index contributed by atoms with van der Waals surface area (Å²) >= 11 is 0. The van der Waals surface area contributed by atoms with Crippen molar-refractivity contribution in [2.24, 2.45) is 17.8 Å². The predicted octanol–water partition coefficient (Wildman–Crippen LogP) is 3.47. The van der Waals surface area contributed by atoms with E-state index in [9.17, 15) is 19.8 Å². The lowest BCUT2D eigenvalue weighted by molar-refractivity contribution is -0.139. The van der Waals surface area contributed by atoms with Crippen molar-refractivity contribution >= 4 is 11.8 Å². The summed E-state index contributed by atoms with van der Waals surface area (Å²) < 4.78 is 6.25. The van der Waals surface area contributed by atoms with Crippen LogP contribution in [0.2, 0.25) is 0 Å². The Morgan fingerprint density at radius 2 is 1.87 bits per heavy atom. The van der Waals surface area contributed by atoms with Gasteiger partial charge in [0.25, 0.3) is 0 Å². The Hall–Kier alpha value is -3.16. The first kappa shape index (κ1) is 26.1. The van der Waals surface area contributed by atoms with Crippen LogP contribution in [-0.4, -0.2) is 58.3 Å². The molecule has 0 radical (unpaired) electrons. The molecule has 6 rings (SSSR count). The molecule has 2 fully saturated rings. The number of rotatable bonds is 8. The lowest BCUT2D eigenvalue weighted by atomic mass is 9.77. The van der Waals surface area contributed by atoms with Crippen LogP contribution >= 0.6 is 0 Å². The van der Waals surface area contributed by atoms with Crippen LogP contribution in [0.3, 0.4) is 0 Å². The number of aryl methyl sites for hydroxylation is 1. The summed E-state index contributed by atoms with van der Waals surface area (Å²) in [6.45, 7) is 2.32. The van der Waals surface area contributed by atoms with Crippen molar-refractivity contribution in [1.29, 1.82) is 0 Å². The van der Waals surface area contributed by atoms with Crippen LogP contribution in [0.1, 0.15) is 54.7 Å². The van der Waals surface area contributed by atoms with E-state index in [0.717, 1.165) is 29.0 Å². The summed E-state index contributed by atoms with van der Waals surface area (Å²) in [5.74, 6) is 1.63. The monoisotopic (exact) mass is 530 g/mol. The number of hydrogen-bond acceptors (Lipinski definition) is 5. The van der Waals surface area contributed by atoms with E-state index in [1.807, 2.05) is 55.5 Å². The minimum absolute atomic E-state index is 0.0116. The average molecular weight is 531 g/mol. The molecule has 3 aliphatic carbocycles. The van der Waals surface area contributed by atoms with Gasteiger partial charge in [-0.05, 0) is 61.6 Å². The van der Waals surface area contributed by atoms with Crippen LogP contribution in [0.15, 0.2) is 60.2 Å². The van der Waals surface area contributed by atoms with Gasteiger partial charge in [-0.25, -0.2) is 0 Å². The highest BCUT2D eigenvalue weighted by Crippen LogP contribution is 2.50. The molecule has 7 nitrogen and oxygen atoms in total. The summed E-state index contributed by atoms with van der Waals surface area (Å²) in [4.78, 5) is 29.2. The maximum atomic E-state index is 14.1. The Bertz CT molecular complexity index is 1260.